The summed E-state index contributed by atoms with van der Waals surface area (Å²) in [5.74, 6) is 1.92. The third kappa shape index (κ3) is 3.65. The molecular weight excluding hydrogens is 478 g/mol. The molecule has 0 amide bonds. The van der Waals surface area contributed by atoms with Crippen LogP contribution in [-0.4, -0.2) is 15.0 Å². The zero-order valence-electron chi connectivity index (χ0n) is 20.9. The molecule has 0 radical (unpaired) electrons. The first-order valence-electron chi connectivity index (χ1n) is 13.0. The molecule has 182 valence electrons. The van der Waals surface area contributed by atoms with Crippen LogP contribution in [0.2, 0.25) is 0 Å². The van der Waals surface area contributed by atoms with E-state index in [2.05, 4.69) is 66.7 Å². The number of para-hydroxylation sites is 1. The van der Waals surface area contributed by atoms with Crippen LogP contribution in [0.15, 0.2) is 132 Å². The quantitative estimate of drug-likeness (QED) is 0.228. The highest BCUT2D eigenvalue weighted by Gasteiger charge is 2.15. The van der Waals surface area contributed by atoms with Crippen LogP contribution in [0.5, 0.6) is 0 Å². The minimum atomic E-state index is 0.629. The number of rotatable bonds is 3. The Bertz CT molecular complexity index is 2180. The van der Waals surface area contributed by atoms with Gasteiger partial charge in [-0.25, -0.2) is 15.0 Å². The summed E-state index contributed by atoms with van der Waals surface area (Å²) in [4.78, 5) is 14.9. The molecule has 6 aromatic carbocycles. The number of benzene rings is 6. The first kappa shape index (κ1) is 21.7. The lowest BCUT2D eigenvalue weighted by atomic mass is 10.00. The van der Waals surface area contributed by atoms with Gasteiger partial charge in [0.25, 0.3) is 0 Å². The van der Waals surface area contributed by atoms with Crippen molar-refractivity contribution in [3.63, 3.8) is 0 Å². The fraction of sp³-hybridized carbons (Fsp3) is 0. The highest BCUT2D eigenvalue weighted by Crippen LogP contribution is 2.34. The van der Waals surface area contributed by atoms with E-state index in [9.17, 15) is 0 Å². The molecule has 8 rings (SSSR count). The van der Waals surface area contributed by atoms with Gasteiger partial charge in [-0.05, 0) is 51.9 Å². The molecule has 0 aliphatic rings. The van der Waals surface area contributed by atoms with E-state index in [4.69, 9.17) is 19.4 Å². The lowest BCUT2D eigenvalue weighted by molar-refractivity contribution is 0.669. The van der Waals surface area contributed by atoms with Crippen molar-refractivity contribution < 1.29 is 4.42 Å². The molecule has 4 heteroatoms. The summed E-state index contributed by atoms with van der Waals surface area (Å²) in [7, 11) is 0. The summed E-state index contributed by atoms with van der Waals surface area (Å²) >= 11 is 0. The van der Waals surface area contributed by atoms with E-state index >= 15 is 0 Å². The third-order valence-corrected chi connectivity index (χ3v) is 7.31. The second-order valence-electron chi connectivity index (χ2n) is 9.70. The van der Waals surface area contributed by atoms with Gasteiger partial charge in [-0.3, -0.25) is 0 Å². The van der Waals surface area contributed by atoms with E-state index in [1.54, 1.807) is 0 Å². The lowest BCUT2D eigenvalue weighted by Gasteiger charge is -2.10. The van der Waals surface area contributed by atoms with Gasteiger partial charge >= 0.3 is 0 Å². The Labute approximate surface area is 224 Å². The van der Waals surface area contributed by atoms with Crippen LogP contribution >= 0.6 is 0 Å². The van der Waals surface area contributed by atoms with Gasteiger partial charge in [0.2, 0.25) is 0 Å². The zero-order valence-corrected chi connectivity index (χ0v) is 20.9. The molecule has 39 heavy (non-hydrogen) atoms. The maximum atomic E-state index is 6.05. The van der Waals surface area contributed by atoms with E-state index in [0.29, 0.717) is 17.5 Å². The van der Waals surface area contributed by atoms with Crippen LogP contribution in [-0.2, 0) is 0 Å². The molecule has 8 aromatic rings. The van der Waals surface area contributed by atoms with E-state index in [-0.39, 0.29) is 0 Å². The maximum absolute atomic E-state index is 6.05. The van der Waals surface area contributed by atoms with Crippen molar-refractivity contribution >= 4 is 43.5 Å². The van der Waals surface area contributed by atoms with E-state index in [0.717, 1.165) is 38.6 Å². The largest absolute Gasteiger partial charge is 0.456 e. The number of aromatic nitrogens is 3. The summed E-state index contributed by atoms with van der Waals surface area (Å²) < 4.78 is 6.05. The van der Waals surface area contributed by atoms with Gasteiger partial charge < -0.3 is 4.42 Å². The van der Waals surface area contributed by atoms with Crippen LogP contribution < -0.4 is 0 Å². The van der Waals surface area contributed by atoms with Gasteiger partial charge in [-0.1, -0.05) is 97.1 Å². The van der Waals surface area contributed by atoms with E-state index < -0.39 is 0 Å². The van der Waals surface area contributed by atoms with Gasteiger partial charge in [0, 0.05) is 27.5 Å². The molecule has 0 fully saturated rings. The molecule has 0 saturated heterocycles. The lowest BCUT2D eigenvalue weighted by Crippen LogP contribution is -2.00. The Balaban J connectivity index is 1.36. The summed E-state index contributed by atoms with van der Waals surface area (Å²) in [6.45, 7) is 0. The Morgan fingerprint density at radius 2 is 0.897 bits per heavy atom. The van der Waals surface area contributed by atoms with Crippen molar-refractivity contribution in [2.45, 2.75) is 0 Å². The van der Waals surface area contributed by atoms with Crippen molar-refractivity contribution in [2.24, 2.45) is 0 Å². The molecule has 2 heterocycles. The minimum absolute atomic E-state index is 0.629. The molecule has 0 saturated carbocycles. The number of hydrogen-bond donors (Lipinski definition) is 0. The van der Waals surface area contributed by atoms with Crippen LogP contribution in [0.4, 0.5) is 0 Å². The van der Waals surface area contributed by atoms with E-state index in [1.165, 1.54) is 21.5 Å². The second-order valence-corrected chi connectivity index (χ2v) is 9.70. The highest BCUT2D eigenvalue weighted by atomic mass is 16.3. The van der Waals surface area contributed by atoms with Crippen molar-refractivity contribution in [2.75, 3.05) is 0 Å². The van der Waals surface area contributed by atoms with Gasteiger partial charge in [0.05, 0.1) is 0 Å². The third-order valence-electron chi connectivity index (χ3n) is 7.31. The van der Waals surface area contributed by atoms with Crippen LogP contribution in [0, 0.1) is 0 Å². The number of hydrogen-bond acceptors (Lipinski definition) is 4. The standard InChI is InChI=1S/C35H21N3O/c1-2-9-24(10-3-1)33-36-34(25-17-16-23-15-14-22-8-4-5-11-27(22)29(23)20-25)38-35(37-33)26-18-19-32-30(21-26)28-12-6-7-13-31(28)39-32/h1-21H. The minimum Gasteiger partial charge on any atom is -0.456 e. The van der Waals surface area contributed by atoms with Gasteiger partial charge in [-0.2, -0.15) is 0 Å². The molecule has 0 bridgehead atoms. The Hall–Kier alpha value is -5.35. The molecule has 0 aliphatic heterocycles. The first-order valence-corrected chi connectivity index (χ1v) is 13.0. The Morgan fingerprint density at radius 3 is 1.69 bits per heavy atom. The maximum Gasteiger partial charge on any atom is 0.164 e. The predicted molar refractivity (Wildman–Crippen MR) is 158 cm³/mol. The number of nitrogens with zero attached hydrogens (tertiary/aromatic N) is 3. The van der Waals surface area contributed by atoms with Gasteiger partial charge in [-0.15, -0.1) is 0 Å². The monoisotopic (exact) mass is 499 g/mol. The van der Waals surface area contributed by atoms with Gasteiger partial charge in [0.15, 0.2) is 17.5 Å². The molecule has 0 aliphatic carbocycles. The summed E-state index contributed by atoms with van der Waals surface area (Å²) in [6, 6.07) is 43.5. The highest BCUT2D eigenvalue weighted by molar-refractivity contribution is 6.09. The SMILES string of the molecule is c1ccc(-c2nc(-c3ccc4ccc5ccccc5c4c3)nc(-c3ccc4oc5ccccc5c4c3)n2)cc1. The molecule has 0 atom stereocenters. The fourth-order valence-corrected chi connectivity index (χ4v) is 5.36. The van der Waals surface area contributed by atoms with Crippen LogP contribution in [0.1, 0.15) is 0 Å². The second kappa shape index (κ2) is 8.61. The first-order chi connectivity index (χ1) is 19.3. The van der Waals surface area contributed by atoms with Crippen LogP contribution in [0.25, 0.3) is 77.6 Å². The zero-order chi connectivity index (χ0) is 25.8. The molecule has 0 spiro atoms. The van der Waals surface area contributed by atoms with Gasteiger partial charge in [0.1, 0.15) is 11.2 Å². The van der Waals surface area contributed by atoms with Crippen molar-refractivity contribution in [1.29, 1.82) is 0 Å². The fourth-order valence-electron chi connectivity index (χ4n) is 5.36. The number of furan rings is 1. The number of fused-ring (bicyclic) bond motifs is 6. The summed E-state index contributed by atoms with van der Waals surface area (Å²) in [5.41, 5.74) is 4.53. The van der Waals surface area contributed by atoms with Crippen molar-refractivity contribution in [3.8, 4) is 34.2 Å². The topological polar surface area (TPSA) is 51.8 Å². The molecule has 4 nitrogen and oxygen atoms in total. The smallest absolute Gasteiger partial charge is 0.164 e. The average molecular weight is 500 g/mol. The normalized spacial score (nSPS) is 11.6. The average Bonchev–Trinajstić information content (AvgIpc) is 3.39. The molecule has 0 N–H and O–H groups in total. The molecule has 2 aromatic heterocycles. The Morgan fingerprint density at radius 1 is 0.359 bits per heavy atom. The summed E-state index contributed by atoms with van der Waals surface area (Å²) in [5, 5.41) is 6.92. The summed E-state index contributed by atoms with van der Waals surface area (Å²) in [6.07, 6.45) is 0. The van der Waals surface area contributed by atoms with Crippen molar-refractivity contribution in [1.82, 2.24) is 15.0 Å². The van der Waals surface area contributed by atoms with E-state index in [1.807, 2.05) is 60.7 Å². The molecule has 0 unspecified atom stereocenters. The molecular formula is C35H21N3O. The van der Waals surface area contributed by atoms with Crippen LogP contribution in [0.3, 0.4) is 0 Å². The van der Waals surface area contributed by atoms with Crippen molar-refractivity contribution in [3.05, 3.63) is 127 Å². The predicted octanol–water partition coefficient (Wildman–Crippen LogP) is 9.08. The Kier molecular flexibility index (Phi) is 4.79.